The highest BCUT2D eigenvalue weighted by Crippen LogP contribution is 2.30. The van der Waals surface area contributed by atoms with Crippen molar-refractivity contribution in [3.05, 3.63) is 29.8 Å². The first-order valence-corrected chi connectivity index (χ1v) is 10.4. The molecule has 154 valence electrons. The van der Waals surface area contributed by atoms with Crippen molar-refractivity contribution in [3.63, 3.8) is 0 Å². The predicted octanol–water partition coefficient (Wildman–Crippen LogP) is 1.89. The Kier molecular flexibility index (Phi) is 6.28. The van der Waals surface area contributed by atoms with Gasteiger partial charge in [-0.3, -0.25) is 14.5 Å². The van der Waals surface area contributed by atoms with Gasteiger partial charge in [-0.25, -0.2) is 0 Å². The maximum Gasteiger partial charge on any atom is 0.242 e. The summed E-state index contributed by atoms with van der Waals surface area (Å²) >= 11 is 0. The summed E-state index contributed by atoms with van der Waals surface area (Å²) in [6.45, 7) is 11.9. The summed E-state index contributed by atoms with van der Waals surface area (Å²) in [6, 6.07) is 8.80. The Hall–Kier alpha value is -2.08. The predicted molar refractivity (Wildman–Crippen MR) is 112 cm³/mol. The van der Waals surface area contributed by atoms with Crippen LogP contribution in [0.4, 0.5) is 5.69 Å². The van der Waals surface area contributed by atoms with Crippen LogP contribution in [-0.2, 0) is 16.0 Å². The van der Waals surface area contributed by atoms with E-state index in [-0.39, 0.29) is 17.4 Å². The molecule has 1 saturated heterocycles. The Morgan fingerprint density at radius 3 is 2.43 bits per heavy atom. The molecule has 1 N–H and O–H groups in total. The first-order valence-electron chi connectivity index (χ1n) is 10.4. The highest BCUT2D eigenvalue weighted by Gasteiger charge is 2.28. The van der Waals surface area contributed by atoms with Crippen LogP contribution in [-0.4, -0.2) is 72.5 Å². The summed E-state index contributed by atoms with van der Waals surface area (Å²) in [5.41, 5.74) is 2.33. The van der Waals surface area contributed by atoms with Crippen LogP contribution in [0, 0.1) is 0 Å². The number of para-hydroxylation sites is 1. The number of hydrogen-bond acceptors (Lipinski definition) is 4. The maximum atomic E-state index is 12.9. The van der Waals surface area contributed by atoms with Gasteiger partial charge in [0.25, 0.3) is 0 Å². The number of hydrogen-bond donors (Lipinski definition) is 1. The van der Waals surface area contributed by atoms with Gasteiger partial charge < -0.3 is 15.1 Å². The van der Waals surface area contributed by atoms with Gasteiger partial charge in [-0.2, -0.15) is 0 Å². The first kappa shape index (κ1) is 20.6. The number of aryl methyl sites for hydroxylation is 1. The van der Waals surface area contributed by atoms with E-state index >= 15 is 0 Å². The Morgan fingerprint density at radius 1 is 1.07 bits per heavy atom. The minimum Gasteiger partial charge on any atom is -0.359 e. The number of carbonyl (C=O) groups excluding carboxylic acids is 2. The summed E-state index contributed by atoms with van der Waals surface area (Å²) in [5.74, 6) is 0.230. The Balaban J connectivity index is 1.51. The molecule has 0 spiro atoms. The fraction of sp³-hybridized carbons (Fsp3) is 0.636. The van der Waals surface area contributed by atoms with Crippen LogP contribution < -0.4 is 10.2 Å². The molecule has 1 aromatic carbocycles. The van der Waals surface area contributed by atoms with Gasteiger partial charge in [-0.15, -0.1) is 0 Å². The summed E-state index contributed by atoms with van der Waals surface area (Å²) in [5, 5.41) is 3.00. The lowest BCUT2D eigenvalue weighted by atomic mass is 9.96. The quantitative estimate of drug-likeness (QED) is 0.859. The number of anilines is 1. The van der Waals surface area contributed by atoms with Crippen molar-refractivity contribution >= 4 is 17.5 Å². The molecule has 0 aromatic heterocycles. The molecule has 0 aliphatic carbocycles. The minimum absolute atomic E-state index is 0.0472. The largest absolute Gasteiger partial charge is 0.359 e. The molecular weight excluding hydrogens is 352 g/mol. The summed E-state index contributed by atoms with van der Waals surface area (Å²) in [6.07, 6.45) is 2.16. The van der Waals surface area contributed by atoms with Crippen LogP contribution in [0.25, 0.3) is 0 Å². The fourth-order valence-corrected chi connectivity index (χ4v) is 4.06. The second kappa shape index (κ2) is 8.52. The standard InChI is InChI=1S/C22H34N4O2/c1-17-9-10-18-7-5-6-8-19(18)26(17)16-21(28)25-13-11-24(12-14-25)15-20(27)23-22(2,3)4/h5-8,17H,9-16H2,1-4H3,(H,23,27)/t17-/m1/s1. The third-order valence-corrected chi connectivity index (χ3v) is 5.58. The van der Waals surface area contributed by atoms with Gasteiger partial charge in [-0.05, 0) is 52.2 Å². The SMILES string of the molecule is C[C@@H]1CCc2ccccc2N1CC(=O)N1CCN(CC(=O)NC(C)(C)C)CC1. The molecule has 1 fully saturated rings. The van der Waals surface area contributed by atoms with E-state index in [4.69, 9.17) is 0 Å². The van der Waals surface area contributed by atoms with Crippen molar-refractivity contribution in [3.8, 4) is 0 Å². The van der Waals surface area contributed by atoms with Crippen LogP contribution in [0.15, 0.2) is 24.3 Å². The first-order chi connectivity index (χ1) is 13.2. The molecular formula is C22H34N4O2. The zero-order valence-corrected chi connectivity index (χ0v) is 17.7. The average molecular weight is 387 g/mol. The van der Waals surface area contributed by atoms with Crippen LogP contribution >= 0.6 is 0 Å². The Bertz CT molecular complexity index is 705. The van der Waals surface area contributed by atoms with Crippen molar-refractivity contribution < 1.29 is 9.59 Å². The highest BCUT2D eigenvalue weighted by molar-refractivity contribution is 5.82. The second-order valence-electron chi connectivity index (χ2n) is 9.10. The van der Waals surface area contributed by atoms with Gasteiger partial charge in [0.1, 0.15) is 0 Å². The summed E-state index contributed by atoms with van der Waals surface area (Å²) in [4.78, 5) is 31.4. The van der Waals surface area contributed by atoms with Gasteiger partial charge in [0.2, 0.25) is 11.8 Å². The number of carbonyl (C=O) groups is 2. The third-order valence-electron chi connectivity index (χ3n) is 5.58. The number of nitrogens with one attached hydrogen (secondary N) is 1. The Labute approximate surface area is 168 Å². The summed E-state index contributed by atoms with van der Waals surface area (Å²) < 4.78 is 0. The number of piperazine rings is 1. The van der Waals surface area contributed by atoms with Crippen molar-refractivity contribution in [2.75, 3.05) is 44.2 Å². The lowest BCUT2D eigenvalue weighted by Gasteiger charge is -2.39. The number of benzene rings is 1. The molecule has 0 bridgehead atoms. The van der Waals surface area contributed by atoms with Gasteiger partial charge in [0, 0.05) is 43.4 Å². The number of fused-ring (bicyclic) bond motifs is 1. The minimum atomic E-state index is -0.212. The van der Waals surface area contributed by atoms with Gasteiger partial charge in [0.05, 0.1) is 13.1 Å². The van der Waals surface area contributed by atoms with Crippen LogP contribution in [0.3, 0.4) is 0 Å². The monoisotopic (exact) mass is 386 g/mol. The van der Waals surface area contributed by atoms with E-state index in [9.17, 15) is 9.59 Å². The van der Waals surface area contributed by atoms with Crippen LogP contribution in [0.1, 0.15) is 39.7 Å². The molecule has 0 saturated carbocycles. The molecule has 0 radical (unpaired) electrons. The van der Waals surface area contributed by atoms with Crippen molar-refractivity contribution in [2.24, 2.45) is 0 Å². The lowest BCUT2D eigenvalue weighted by molar-refractivity contribution is -0.132. The topological polar surface area (TPSA) is 55.9 Å². The zero-order valence-electron chi connectivity index (χ0n) is 17.7. The van der Waals surface area contributed by atoms with E-state index in [1.807, 2.05) is 25.7 Å². The van der Waals surface area contributed by atoms with E-state index < -0.39 is 0 Å². The molecule has 2 heterocycles. The molecule has 1 aromatic rings. The maximum absolute atomic E-state index is 12.9. The van der Waals surface area contributed by atoms with E-state index in [0.29, 0.717) is 32.2 Å². The van der Waals surface area contributed by atoms with Gasteiger partial charge in [0.15, 0.2) is 0 Å². The molecule has 2 aliphatic heterocycles. The number of rotatable bonds is 4. The van der Waals surface area contributed by atoms with Crippen LogP contribution in [0.5, 0.6) is 0 Å². The lowest BCUT2D eigenvalue weighted by Crippen LogP contribution is -2.54. The molecule has 2 aliphatic rings. The highest BCUT2D eigenvalue weighted by atomic mass is 16.2. The van der Waals surface area contributed by atoms with E-state index in [1.54, 1.807) is 0 Å². The normalized spacial score (nSPS) is 20.6. The molecule has 1 atom stereocenters. The van der Waals surface area contributed by atoms with Gasteiger partial charge in [-0.1, -0.05) is 18.2 Å². The number of nitrogens with zero attached hydrogens (tertiary/aromatic N) is 3. The molecule has 6 nitrogen and oxygen atoms in total. The molecule has 28 heavy (non-hydrogen) atoms. The average Bonchev–Trinajstić information content (AvgIpc) is 2.63. The van der Waals surface area contributed by atoms with Gasteiger partial charge >= 0.3 is 0 Å². The van der Waals surface area contributed by atoms with Crippen LogP contribution in [0.2, 0.25) is 0 Å². The second-order valence-corrected chi connectivity index (χ2v) is 9.10. The Morgan fingerprint density at radius 2 is 1.75 bits per heavy atom. The smallest absolute Gasteiger partial charge is 0.242 e. The zero-order chi connectivity index (χ0) is 20.3. The van der Waals surface area contributed by atoms with E-state index in [2.05, 4.69) is 46.3 Å². The molecule has 6 heteroatoms. The fourth-order valence-electron chi connectivity index (χ4n) is 4.06. The number of amides is 2. The molecule has 3 rings (SSSR count). The van der Waals surface area contributed by atoms with E-state index in [0.717, 1.165) is 25.9 Å². The van der Waals surface area contributed by atoms with Crippen molar-refractivity contribution in [1.82, 2.24) is 15.1 Å². The summed E-state index contributed by atoms with van der Waals surface area (Å²) in [7, 11) is 0. The van der Waals surface area contributed by atoms with Crippen molar-refractivity contribution in [1.29, 1.82) is 0 Å². The van der Waals surface area contributed by atoms with Crippen molar-refractivity contribution in [2.45, 2.75) is 52.1 Å². The molecule has 2 amide bonds. The van der Waals surface area contributed by atoms with E-state index in [1.165, 1.54) is 11.3 Å². The molecule has 0 unspecified atom stereocenters. The third kappa shape index (κ3) is 5.25.